The molecule has 29 heavy (non-hydrogen) atoms. The van der Waals surface area contributed by atoms with E-state index in [-0.39, 0.29) is 30.1 Å². The average molecular weight is 447 g/mol. The molecule has 0 saturated carbocycles. The number of hydrogen-bond acceptors (Lipinski definition) is 3. The number of alkyl halides is 4. The standard InChI is InChI=1S/C20H16Cl2F4N2O/c1-18(13-6-14(20(24,25)26)17(22)15(21)7-13)8-16(28-29-18)11-2-4-12(5-3-11)19(23)9-27-10-19/h2-7,27H,8-10H2,1H3. The van der Waals surface area contributed by atoms with Gasteiger partial charge >= 0.3 is 6.18 Å². The van der Waals surface area contributed by atoms with Crippen molar-refractivity contribution >= 4 is 28.9 Å². The third-order valence-electron chi connectivity index (χ3n) is 5.35. The molecule has 0 amide bonds. The van der Waals surface area contributed by atoms with Crippen molar-refractivity contribution in [1.82, 2.24) is 5.32 Å². The molecule has 1 atom stereocenters. The molecule has 3 nitrogen and oxygen atoms in total. The fraction of sp³-hybridized carbons (Fsp3) is 0.350. The van der Waals surface area contributed by atoms with E-state index in [1.54, 1.807) is 31.2 Å². The Kier molecular flexibility index (Phi) is 4.83. The summed E-state index contributed by atoms with van der Waals surface area (Å²) in [7, 11) is 0. The molecule has 0 spiro atoms. The number of halogens is 6. The summed E-state index contributed by atoms with van der Waals surface area (Å²) in [5, 5.41) is 6.21. The minimum atomic E-state index is -4.65. The molecule has 0 aliphatic carbocycles. The largest absolute Gasteiger partial charge is 0.417 e. The number of oxime groups is 1. The predicted molar refractivity (Wildman–Crippen MR) is 103 cm³/mol. The monoisotopic (exact) mass is 446 g/mol. The van der Waals surface area contributed by atoms with Gasteiger partial charge in [0, 0.05) is 25.1 Å². The summed E-state index contributed by atoms with van der Waals surface area (Å²) >= 11 is 11.7. The van der Waals surface area contributed by atoms with Crippen LogP contribution in [0.5, 0.6) is 0 Å². The van der Waals surface area contributed by atoms with Gasteiger partial charge in [0.15, 0.2) is 11.3 Å². The molecule has 9 heteroatoms. The van der Waals surface area contributed by atoms with Gasteiger partial charge in [-0.3, -0.25) is 0 Å². The lowest BCUT2D eigenvalue weighted by atomic mass is 9.86. The highest BCUT2D eigenvalue weighted by atomic mass is 35.5. The molecule has 2 aromatic carbocycles. The van der Waals surface area contributed by atoms with Crippen molar-refractivity contribution in [2.24, 2.45) is 5.16 Å². The Balaban J connectivity index is 1.59. The van der Waals surface area contributed by atoms with Crippen molar-refractivity contribution in [3.8, 4) is 0 Å². The molecule has 1 N–H and O–H groups in total. The van der Waals surface area contributed by atoms with Crippen molar-refractivity contribution in [2.75, 3.05) is 13.1 Å². The SMILES string of the molecule is CC1(c2cc(Cl)c(Cl)c(C(F)(F)F)c2)CC(c2ccc(C3(F)CNC3)cc2)=NO1. The molecule has 2 aliphatic rings. The van der Waals surface area contributed by atoms with Gasteiger partial charge in [0.25, 0.3) is 0 Å². The zero-order valence-corrected chi connectivity index (χ0v) is 16.7. The highest BCUT2D eigenvalue weighted by Crippen LogP contribution is 2.44. The summed E-state index contributed by atoms with van der Waals surface area (Å²) in [6.45, 7) is 2.18. The summed E-state index contributed by atoms with van der Waals surface area (Å²) in [6, 6.07) is 9.14. The van der Waals surface area contributed by atoms with Crippen LogP contribution in [0.25, 0.3) is 0 Å². The fourth-order valence-electron chi connectivity index (χ4n) is 3.46. The maximum absolute atomic E-state index is 14.5. The molecule has 1 fully saturated rings. The molecule has 4 rings (SSSR count). The van der Waals surface area contributed by atoms with Gasteiger partial charge in [0.1, 0.15) is 0 Å². The van der Waals surface area contributed by atoms with Crippen LogP contribution in [0.3, 0.4) is 0 Å². The van der Waals surface area contributed by atoms with Gasteiger partial charge in [-0.05, 0) is 30.2 Å². The third-order valence-corrected chi connectivity index (χ3v) is 6.15. The number of hydrogen-bond donors (Lipinski definition) is 1. The summed E-state index contributed by atoms with van der Waals surface area (Å²) in [4.78, 5) is 5.52. The first-order chi connectivity index (χ1) is 13.5. The quantitative estimate of drug-likeness (QED) is 0.602. The summed E-state index contributed by atoms with van der Waals surface area (Å²) in [5.41, 5.74) is -1.47. The second kappa shape index (κ2) is 6.86. The van der Waals surface area contributed by atoms with Crippen molar-refractivity contribution in [3.63, 3.8) is 0 Å². The van der Waals surface area contributed by atoms with Crippen molar-refractivity contribution in [1.29, 1.82) is 0 Å². The minimum Gasteiger partial charge on any atom is -0.384 e. The van der Waals surface area contributed by atoms with Gasteiger partial charge in [0.2, 0.25) is 0 Å². The number of nitrogens with zero attached hydrogens (tertiary/aromatic N) is 1. The first-order valence-electron chi connectivity index (χ1n) is 8.84. The lowest BCUT2D eigenvalue weighted by molar-refractivity contribution is -0.137. The van der Waals surface area contributed by atoms with Crippen molar-refractivity contribution < 1.29 is 22.4 Å². The zero-order valence-electron chi connectivity index (χ0n) is 15.2. The van der Waals surface area contributed by atoms with Crippen LogP contribution in [0, 0.1) is 0 Å². The van der Waals surface area contributed by atoms with Gasteiger partial charge < -0.3 is 10.2 Å². The highest BCUT2D eigenvalue weighted by molar-refractivity contribution is 6.42. The van der Waals surface area contributed by atoms with Crippen LogP contribution in [-0.2, 0) is 22.3 Å². The fourth-order valence-corrected chi connectivity index (χ4v) is 3.90. The van der Waals surface area contributed by atoms with E-state index in [1.807, 2.05) is 0 Å². The first kappa shape index (κ1) is 20.4. The Labute approximate surface area is 174 Å². The Hall–Kier alpha value is -1.83. The van der Waals surface area contributed by atoms with Crippen molar-refractivity contribution in [3.05, 3.63) is 68.7 Å². The smallest absolute Gasteiger partial charge is 0.384 e. The molecule has 0 radical (unpaired) electrons. The van der Waals surface area contributed by atoms with Gasteiger partial charge in [0.05, 0.1) is 21.3 Å². The maximum atomic E-state index is 14.5. The van der Waals surface area contributed by atoms with E-state index in [1.165, 1.54) is 6.07 Å². The van der Waals surface area contributed by atoms with Crippen LogP contribution in [0.2, 0.25) is 10.0 Å². The van der Waals surface area contributed by atoms with Gasteiger partial charge in [-0.1, -0.05) is 52.6 Å². The normalized spacial score (nSPS) is 23.3. The highest BCUT2D eigenvalue weighted by Gasteiger charge is 2.42. The summed E-state index contributed by atoms with van der Waals surface area (Å²) < 4.78 is 54.3. The van der Waals surface area contributed by atoms with E-state index in [4.69, 9.17) is 28.0 Å². The van der Waals surface area contributed by atoms with Crippen LogP contribution < -0.4 is 5.32 Å². The Bertz CT molecular complexity index is 987. The molecular weight excluding hydrogens is 431 g/mol. The van der Waals surface area contributed by atoms with Crippen LogP contribution in [-0.4, -0.2) is 18.8 Å². The maximum Gasteiger partial charge on any atom is 0.417 e. The van der Waals surface area contributed by atoms with Gasteiger partial charge in [-0.15, -0.1) is 0 Å². The summed E-state index contributed by atoms with van der Waals surface area (Å²) in [5.74, 6) is 0. The molecule has 2 aliphatic heterocycles. The molecule has 0 aromatic heterocycles. The van der Waals surface area contributed by atoms with E-state index >= 15 is 0 Å². The van der Waals surface area contributed by atoms with Crippen LogP contribution >= 0.6 is 23.2 Å². The van der Waals surface area contributed by atoms with E-state index < -0.39 is 28.0 Å². The molecule has 2 aromatic rings. The molecule has 154 valence electrons. The number of benzene rings is 2. The van der Waals surface area contributed by atoms with Gasteiger partial charge in [-0.25, -0.2) is 4.39 Å². The Morgan fingerprint density at radius 2 is 1.72 bits per heavy atom. The Morgan fingerprint density at radius 3 is 2.28 bits per heavy atom. The molecule has 1 saturated heterocycles. The minimum absolute atomic E-state index is 0.207. The zero-order chi connectivity index (χ0) is 21.0. The molecule has 1 unspecified atom stereocenters. The van der Waals surface area contributed by atoms with E-state index in [0.29, 0.717) is 16.8 Å². The summed E-state index contributed by atoms with van der Waals surface area (Å²) in [6.07, 6.45) is -4.42. The molecule has 0 bridgehead atoms. The second-order valence-corrected chi connectivity index (χ2v) is 8.29. The topological polar surface area (TPSA) is 33.6 Å². The van der Waals surface area contributed by atoms with E-state index in [0.717, 1.165) is 6.07 Å². The molecule has 2 heterocycles. The van der Waals surface area contributed by atoms with Crippen LogP contribution in [0.15, 0.2) is 41.6 Å². The average Bonchev–Trinajstić information content (AvgIpc) is 3.04. The third kappa shape index (κ3) is 3.60. The second-order valence-electron chi connectivity index (χ2n) is 7.50. The number of rotatable bonds is 3. The van der Waals surface area contributed by atoms with E-state index in [9.17, 15) is 17.6 Å². The lowest BCUT2D eigenvalue weighted by Crippen LogP contribution is -2.53. The lowest BCUT2D eigenvalue weighted by Gasteiger charge is -2.35. The molecular formula is C20H16Cl2F4N2O. The van der Waals surface area contributed by atoms with Crippen LogP contribution in [0.1, 0.15) is 35.6 Å². The predicted octanol–water partition coefficient (Wildman–Crippen LogP) is 5.82. The van der Waals surface area contributed by atoms with Gasteiger partial charge in [-0.2, -0.15) is 13.2 Å². The first-order valence-corrected chi connectivity index (χ1v) is 9.60. The van der Waals surface area contributed by atoms with E-state index in [2.05, 4.69) is 10.5 Å². The van der Waals surface area contributed by atoms with Crippen molar-refractivity contribution in [2.45, 2.75) is 30.8 Å². The van der Waals surface area contributed by atoms with Crippen LogP contribution in [0.4, 0.5) is 17.6 Å². The Morgan fingerprint density at radius 1 is 1.07 bits per heavy atom. The number of nitrogens with one attached hydrogen (secondary N) is 1.